The zero-order valence-electron chi connectivity index (χ0n) is 14.4. The first-order valence-electron chi connectivity index (χ1n) is 8.58. The maximum absolute atomic E-state index is 12.4. The number of carbonyl (C=O) groups is 1. The highest BCUT2D eigenvalue weighted by atomic mass is 16.5. The molecule has 1 aromatic carbocycles. The van der Waals surface area contributed by atoms with Gasteiger partial charge in [0.1, 0.15) is 0 Å². The number of amides is 1. The average molecular weight is 327 g/mol. The highest BCUT2D eigenvalue weighted by Gasteiger charge is 2.15. The molecule has 1 atom stereocenters. The lowest BCUT2D eigenvalue weighted by atomic mass is 10.0. The fraction of sp³-hybridized carbons (Fsp3) is 0.474. The van der Waals surface area contributed by atoms with Crippen molar-refractivity contribution >= 4 is 5.91 Å². The molecule has 1 aliphatic rings. The smallest absolute Gasteiger partial charge is 0.251 e. The molecule has 1 amide bonds. The molecule has 0 spiro atoms. The second kappa shape index (κ2) is 7.62. The third-order valence-corrected chi connectivity index (χ3v) is 4.43. The van der Waals surface area contributed by atoms with Gasteiger partial charge < -0.3 is 10.1 Å². The fourth-order valence-corrected chi connectivity index (χ4v) is 3.13. The van der Waals surface area contributed by atoms with E-state index in [0.717, 1.165) is 43.0 Å². The van der Waals surface area contributed by atoms with Crippen LogP contribution in [-0.4, -0.2) is 35.4 Å². The van der Waals surface area contributed by atoms with Gasteiger partial charge in [-0.3, -0.25) is 9.48 Å². The van der Waals surface area contributed by atoms with Gasteiger partial charge in [-0.15, -0.1) is 0 Å². The van der Waals surface area contributed by atoms with Crippen molar-refractivity contribution in [3.63, 3.8) is 0 Å². The number of hydrogen-bond donors (Lipinski definition) is 1. The van der Waals surface area contributed by atoms with Crippen LogP contribution in [0.15, 0.2) is 30.3 Å². The Hall–Kier alpha value is -2.14. The van der Waals surface area contributed by atoms with Gasteiger partial charge in [0.25, 0.3) is 5.91 Å². The standard InChI is InChI=1S/C19H25N3O2/c1-14-9-15(2)22(21-14)12-16-5-3-7-18(10-16)19(23)20-11-17-6-4-8-24-13-17/h3,5,7,9-10,17H,4,6,8,11-13H2,1-2H3,(H,20,23)/t17-/m1/s1. The van der Waals surface area contributed by atoms with Crippen LogP contribution in [-0.2, 0) is 11.3 Å². The first-order chi connectivity index (χ1) is 11.6. The summed E-state index contributed by atoms with van der Waals surface area (Å²) in [4.78, 5) is 12.4. The predicted octanol–water partition coefficient (Wildman–Crippen LogP) is 2.70. The number of aromatic nitrogens is 2. The summed E-state index contributed by atoms with van der Waals surface area (Å²) in [5.41, 5.74) is 3.91. The largest absolute Gasteiger partial charge is 0.381 e. The van der Waals surface area contributed by atoms with E-state index in [9.17, 15) is 4.79 Å². The molecule has 0 aliphatic carbocycles. The molecule has 2 heterocycles. The van der Waals surface area contributed by atoms with E-state index in [1.54, 1.807) is 0 Å². The summed E-state index contributed by atoms with van der Waals surface area (Å²) in [6.07, 6.45) is 2.21. The van der Waals surface area contributed by atoms with E-state index in [-0.39, 0.29) is 5.91 Å². The van der Waals surface area contributed by atoms with Gasteiger partial charge in [0, 0.05) is 24.4 Å². The minimum Gasteiger partial charge on any atom is -0.381 e. The van der Waals surface area contributed by atoms with Crippen molar-refractivity contribution in [3.8, 4) is 0 Å². The summed E-state index contributed by atoms with van der Waals surface area (Å²) < 4.78 is 7.42. The minimum absolute atomic E-state index is 0.0178. The quantitative estimate of drug-likeness (QED) is 0.918. The van der Waals surface area contributed by atoms with Crippen LogP contribution in [0.1, 0.15) is 40.2 Å². The van der Waals surface area contributed by atoms with E-state index in [1.807, 2.05) is 42.8 Å². The van der Waals surface area contributed by atoms with Crippen molar-refractivity contribution in [3.05, 3.63) is 52.8 Å². The molecule has 1 aromatic heterocycles. The van der Waals surface area contributed by atoms with E-state index in [1.165, 1.54) is 0 Å². The van der Waals surface area contributed by atoms with Gasteiger partial charge in [0.05, 0.1) is 18.8 Å². The molecule has 5 nitrogen and oxygen atoms in total. The lowest BCUT2D eigenvalue weighted by Crippen LogP contribution is -2.33. The Morgan fingerprint density at radius 3 is 2.96 bits per heavy atom. The topological polar surface area (TPSA) is 56.2 Å². The number of benzene rings is 1. The van der Waals surface area contributed by atoms with Crippen molar-refractivity contribution in [2.24, 2.45) is 5.92 Å². The Kier molecular flexibility index (Phi) is 5.30. The highest BCUT2D eigenvalue weighted by Crippen LogP contribution is 2.13. The summed E-state index contributed by atoms with van der Waals surface area (Å²) in [5.74, 6) is 0.413. The maximum Gasteiger partial charge on any atom is 0.251 e. The minimum atomic E-state index is -0.0178. The third kappa shape index (κ3) is 4.23. The number of nitrogens with one attached hydrogen (secondary N) is 1. The van der Waals surface area contributed by atoms with E-state index in [0.29, 0.717) is 24.6 Å². The van der Waals surface area contributed by atoms with E-state index >= 15 is 0 Å². The van der Waals surface area contributed by atoms with Gasteiger partial charge in [-0.2, -0.15) is 5.10 Å². The number of carbonyl (C=O) groups excluding carboxylic acids is 1. The van der Waals surface area contributed by atoms with E-state index in [4.69, 9.17) is 4.74 Å². The van der Waals surface area contributed by atoms with Crippen molar-refractivity contribution in [1.29, 1.82) is 0 Å². The van der Waals surface area contributed by atoms with Crippen LogP contribution in [0.4, 0.5) is 0 Å². The molecule has 0 bridgehead atoms. The lowest BCUT2D eigenvalue weighted by Gasteiger charge is -2.22. The van der Waals surface area contributed by atoms with Crippen molar-refractivity contribution in [2.45, 2.75) is 33.2 Å². The first-order valence-corrected chi connectivity index (χ1v) is 8.58. The number of ether oxygens (including phenoxy) is 1. The maximum atomic E-state index is 12.4. The zero-order chi connectivity index (χ0) is 16.9. The highest BCUT2D eigenvalue weighted by molar-refractivity contribution is 5.94. The second-order valence-electron chi connectivity index (χ2n) is 6.58. The molecule has 24 heavy (non-hydrogen) atoms. The number of rotatable bonds is 5. The normalized spacial score (nSPS) is 17.7. The average Bonchev–Trinajstić information content (AvgIpc) is 2.91. The van der Waals surface area contributed by atoms with Crippen LogP contribution >= 0.6 is 0 Å². The van der Waals surface area contributed by atoms with Crippen LogP contribution in [0.5, 0.6) is 0 Å². The van der Waals surface area contributed by atoms with Crippen molar-refractivity contribution in [2.75, 3.05) is 19.8 Å². The SMILES string of the molecule is Cc1cc(C)n(Cc2cccc(C(=O)NC[C@H]3CCCOC3)c2)n1. The molecular formula is C19H25N3O2. The Labute approximate surface area is 143 Å². The van der Waals surface area contributed by atoms with Crippen LogP contribution in [0.2, 0.25) is 0 Å². The van der Waals surface area contributed by atoms with Crippen LogP contribution in [0.3, 0.4) is 0 Å². The fourth-order valence-electron chi connectivity index (χ4n) is 3.13. The van der Waals surface area contributed by atoms with Crippen LogP contribution < -0.4 is 5.32 Å². The molecule has 0 radical (unpaired) electrons. The monoisotopic (exact) mass is 327 g/mol. The summed E-state index contributed by atoms with van der Waals surface area (Å²) >= 11 is 0. The predicted molar refractivity (Wildman–Crippen MR) is 93.1 cm³/mol. The van der Waals surface area contributed by atoms with Gasteiger partial charge in [-0.1, -0.05) is 12.1 Å². The number of hydrogen-bond acceptors (Lipinski definition) is 3. The van der Waals surface area contributed by atoms with E-state index < -0.39 is 0 Å². The molecule has 128 valence electrons. The molecule has 1 saturated heterocycles. The van der Waals surface area contributed by atoms with E-state index in [2.05, 4.69) is 16.5 Å². The van der Waals surface area contributed by atoms with Gasteiger partial charge in [0.15, 0.2) is 0 Å². The molecule has 0 unspecified atom stereocenters. The number of aryl methyl sites for hydroxylation is 2. The van der Waals surface area contributed by atoms with Gasteiger partial charge in [-0.05, 0) is 56.4 Å². The Bertz CT molecular complexity index is 702. The zero-order valence-corrected chi connectivity index (χ0v) is 14.4. The summed E-state index contributed by atoms with van der Waals surface area (Å²) in [6, 6.07) is 9.82. The van der Waals surface area contributed by atoms with Crippen LogP contribution in [0.25, 0.3) is 0 Å². The van der Waals surface area contributed by atoms with Crippen molar-refractivity contribution < 1.29 is 9.53 Å². The molecule has 2 aromatic rings. The number of nitrogens with zero attached hydrogens (tertiary/aromatic N) is 2. The third-order valence-electron chi connectivity index (χ3n) is 4.43. The van der Waals surface area contributed by atoms with Crippen LogP contribution in [0, 0.1) is 19.8 Å². The first kappa shape index (κ1) is 16.7. The molecule has 3 rings (SSSR count). The van der Waals surface area contributed by atoms with Gasteiger partial charge in [-0.25, -0.2) is 0 Å². The lowest BCUT2D eigenvalue weighted by molar-refractivity contribution is 0.0536. The van der Waals surface area contributed by atoms with Gasteiger partial charge >= 0.3 is 0 Å². The Morgan fingerprint density at radius 1 is 1.38 bits per heavy atom. The molecule has 5 heteroatoms. The molecule has 1 N–H and O–H groups in total. The second-order valence-corrected chi connectivity index (χ2v) is 6.58. The molecule has 1 aliphatic heterocycles. The summed E-state index contributed by atoms with van der Waals surface area (Å²) in [6.45, 7) is 6.99. The molecular weight excluding hydrogens is 302 g/mol. The van der Waals surface area contributed by atoms with Crippen molar-refractivity contribution in [1.82, 2.24) is 15.1 Å². The molecule has 0 saturated carbocycles. The summed E-state index contributed by atoms with van der Waals surface area (Å²) in [7, 11) is 0. The Morgan fingerprint density at radius 2 is 2.25 bits per heavy atom. The Balaban J connectivity index is 1.61. The van der Waals surface area contributed by atoms with Gasteiger partial charge in [0.2, 0.25) is 0 Å². The summed E-state index contributed by atoms with van der Waals surface area (Å²) in [5, 5.41) is 7.51. The molecule has 1 fully saturated rings.